The number of aromatic nitrogens is 3. The summed E-state index contributed by atoms with van der Waals surface area (Å²) < 4.78 is 5.42. The number of hydrogen-bond donors (Lipinski definition) is 0. The van der Waals surface area contributed by atoms with Gasteiger partial charge in [-0.15, -0.1) is 11.3 Å². The third kappa shape index (κ3) is 1.86. The van der Waals surface area contributed by atoms with Crippen LogP contribution < -0.4 is 4.74 Å². The van der Waals surface area contributed by atoms with Crippen LogP contribution in [-0.4, -0.2) is 22.1 Å². The number of fused-ring (bicyclic) bond motifs is 2. The zero-order chi connectivity index (χ0) is 15.1. The van der Waals surface area contributed by atoms with Crippen molar-refractivity contribution in [3.63, 3.8) is 0 Å². The molecule has 0 aliphatic rings. The first-order valence-corrected chi connectivity index (χ1v) is 7.78. The number of rotatable bonds is 2. The van der Waals surface area contributed by atoms with Gasteiger partial charge in [-0.2, -0.15) is 0 Å². The van der Waals surface area contributed by atoms with Crippen LogP contribution in [0.1, 0.15) is 5.56 Å². The largest absolute Gasteiger partial charge is 0.494 e. The molecule has 4 aromatic rings. The Hall–Kier alpha value is -2.53. The fourth-order valence-corrected chi connectivity index (χ4v) is 3.63. The first kappa shape index (κ1) is 13.2. The predicted molar refractivity (Wildman–Crippen MR) is 89.4 cm³/mol. The van der Waals surface area contributed by atoms with Gasteiger partial charge in [0.15, 0.2) is 0 Å². The highest BCUT2D eigenvalue weighted by Crippen LogP contribution is 2.37. The minimum absolute atomic E-state index is 0.770. The third-order valence-corrected chi connectivity index (χ3v) is 4.77. The summed E-state index contributed by atoms with van der Waals surface area (Å²) in [5, 5.41) is 4.27. The van der Waals surface area contributed by atoms with E-state index in [1.54, 1.807) is 31.0 Å². The zero-order valence-corrected chi connectivity index (χ0v) is 13.0. The second-order valence-electron chi connectivity index (χ2n) is 5.04. The van der Waals surface area contributed by atoms with Gasteiger partial charge in [0.2, 0.25) is 0 Å². The van der Waals surface area contributed by atoms with Crippen molar-refractivity contribution >= 4 is 32.5 Å². The maximum absolute atomic E-state index is 5.42. The summed E-state index contributed by atoms with van der Waals surface area (Å²) in [5.41, 5.74) is 4.05. The van der Waals surface area contributed by atoms with E-state index >= 15 is 0 Å². The summed E-state index contributed by atoms with van der Waals surface area (Å²) in [4.78, 5) is 14.4. The molecule has 108 valence electrons. The van der Waals surface area contributed by atoms with Crippen LogP contribution in [0.2, 0.25) is 0 Å². The number of benzene rings is 1. The normalized spacial score (nSPS) is 11.2. The lowest BCUT2D eigenvalue weighted by Gasteiger charge is -2.10. The van der Waals surface area contributed by atoms with Crippen molar-refractivity contribution in [2.75, 3.05) is 7.11 Å². The molecular formula is C17H13N3OS. The molecule has 0 saturated heterocycles. The van der Waals surface area contributed by atoms with E-state index in [0.717, 1.165) is 38.1 Å². The quantitative estimate of drug-likeness (QED) is 0.556. The standard InChI is InChI=1S/C17H13N3OS/c1-10-8-22-17-14(10)16(19-9-20-17)12-5-6-13(21-2)15-11(12)4-3-7-18-15/h3-9H,1-2H3. The lowest BCUT2D eigenvalue weighted by Crippen LogP contribution is -1.92. The molecule has 0 bridgehead atoms. The minimum atomic E-state index is 0.770. The second kappa shape index (κ2) is 5.03. The number of hydrogen-bond acceptors (Lipinski definition) is 5. The Morgan fingerprint density at radius 1 is 1.09 bits per heavy atom. The van der Waals surface area contributed by atoms with E-state index in [9.17, 15) is 0 Å². The lowest BCUT2D eigenvalue weighted by molar-refractivity contribution is 0.419. The van der Waals surface area contributed by atoms with Crippen LogP contribution in [0, 0.1) is 6.92 Å². The monoisotopic (exact) mass is 307 g/mol. The van der Waals surface area contributed by atoms with Gasteiger partial charge >= 0.3 is 0 Å². The van der Waals surface area contributed by atoms with Gasteiger partial charge in [-0.05, 0) is 36.1 Å². The molecule has 3 aromatic heterocycles. The Morgan fingerprint density at radius 2 is 2.00 bits per heavy atom. The lowest BCUT2D eigenvalue weighted by atomic mass is 10.0. The Balaban J connectivity index is 2.11. The molecule has 5 heteroatoms. The maximum Gasteiger partial charge on any atom is 0.145 e. The van der Waals surface area contributed by atoms with Gasteiger partial charge in [0.25, 0.3) is 0 Å². The number of ether oxygens (including phenoxy) is 1. The van der Waals surface area contributed by atoms with Gasteiger partial charge in [-0.3, -0.25) is 4.98 Å². The van der Waals surface area contributed by atoms with E-state index in [1.165, 1.54) is 5.56 Å². The molecule has 4 nitrogen and oxygen atoms in total. The molecule has 1 aromatic carbocycles. The summed E-state index contributed by atoms with van der Waals surface area (Å²) in [5.74, 6) is 0.770. The molecule has 0 unspecified atom stereocenters. The average molecular weight is 307 g/mol. The van der Waals surface area contributed by atoms with Crippen LogP contribution in [0.5, 0.6) is 5.75 Å². The molecule has 0 amide bonds. The van der Waals surface area contributed by atoms with E-state index in [4.69, 9.17) is 4.74 Å². The highest BCUT2D eigenvalue weighted by molar-refractivity contribution is 7.17. The molecule has 3 heterocycles. The molecule has 0 fully saturated rings. The highest BCUT2D eigenvalue weighted by atomic mass is 32.1. The Kier molecular flexibility index (Phi) is 3.01. The molecule has 0 aliphatic heterocycles. The van der Waals surface area contributed by atoms with Crippen LogP contribution in [0.3, 0.4) is 0 Å². The van der Waals surface area contributed by atoms with Crippen LogP contribution >= 0.6 is 11.3 Å². The maximum atomic E-state index is 5.42. The zero-order valence-electron chi connectivity index (χ0n) is 12.2. The van der Waals surface area contributed by atoms with E-state index < -0.39 is 0 Å². The van der Waals surface area contributed by atoms with Gasteiger partial charge in [-0.25, -0.2) is 9.97 Å². The topological polar surface area (TPSA) is 47.9 Å². The molecule has 0 saturated carbocycles. The first-order valence-electron chi connectivity index (χ1n) is 6.90. The van der Waals surface area contributed by atoms with E-state index in [0.29, 0.717) is 0 Å². The van der Waals surface area contributed by atoms with Crippen LogP contribution in [-0.2, 0) is 0 Å². The minimum Gasteiger partial charge on any atom is -0.494 e. The van der Waals surface area contributed by atoms with Crippen molar-refractivity contribution < 1.29 is 4.74 Å². The smallest absolute Gasteiger partial charge is 0.145 e. The van der Waals surface area contributed by atoms with E-state index in [2.05, 4.69) is 33.3 Å². The molecule has 0 spiro atoms. The molecule has 4 rings (SSSR count). The summed E-state index contributed by atoms with van der Waals surface area (Å²) in [6, 6.07) is 7.97. The van der Waals surface area contributed by atoms with E-state index in [-0.39, 0.29) is 0 Å². The summed E-state index contributed by atoms with van der Waals surface area (Å²) in [7, 11) is 1.66. The Labute approximate surface area is 131 Å². The summed E-state index contributed by atoms with van der Waals surface area (Å²) in [6.45, 7) is 2.09. The third-order valence-electron chi connectivity index (χ3n) is 3.76. The highest BCUT2D eigenvalue weighted by Gasteiger charge is 2.15. The Bertz CT molecular complexity index is 994. The van der Waals surface area contributed by atoms with Crippen molar-refractivity contribution in [2.45, 2.75) is 6.92 Å². The van der Waals surface area contributed by atoms with Crippen LogP contribution in [0.25, 0.3) is 32.4 Å². The van der Waals surface area contributed by atoms with Gasteiger partial charge in [0, 0.05) is 22.5 Å². The van der Waals surface area contributed by atoms with Gasteiger partial charge in [0.05, 0.1) is 12.8 Å². The van der Waals surface area contributed by atoms with Crippen LogP contribution in [0.15, 0.2) is 42.2 Å². The SMILES string of the molecule is COc1ccc(-c2ncnc3scc(C)c23)c2cccnc12. The number of aryl methyl sites for hydroxylation is 1. The molecule has 0 radical (unpaired) electrons. The fourth-order valence-electron chi connectivity index (χ4n) is 2.74. The molecule has 0 N–H and O–H groups in total. The van der Waals surface area contributed by atoms with Gasteiger partial charge in [-0.1, -0.05) is 6.07 Å². The number of thiophene rings is 1. The predicted octanol–water partition coefficient (Wildman–Crippen LogP) is 4.22. The molecule has 0 atom stereocenters. The Morgan fingerprint density at radius 3 is 2.86 bits per heavy atom. The number of nitrogens with zero attached hydrogens (tertiary/aromatic N) is 3. The van der Waals surface area contributed by atoms with Crippen molar-refractivity contribution in [1.82, 2.24) is 15.0 Å². The number of methoxy groups -OCH3 is 1. The summed E-state index contributed by atoms with van der Waals surface area (Å²) in [6.07, 6.45) is 3.40. The second-order valence-corrected chi connectivity index (χ2v) is 5.89. The van der Waals surface area contributed by atoms with Crippen LogP contribution in [0.4, 0.5) is 0 Å². The molecule has 22 heavy (non-hydrogen) atoms. The van der Waals surface area contributed by atoms with Crippen molar-refractivity contribution in [1.29, 1.82) is 0 Å². The van der Waals surface area contributed by atoms with Gasteiger partial charge < -0.3 is 4.74 Å². The first-order chi connectivity index (χ1) is 10.8. The van der Waals surface area contributed by atoms with E-state index in [1.807, 2.05) is 18.2 Å². The molecular weight excluding hydrogens is 294 g/mol. The summed E-state index contributed by atoms with van der Waals surface area (Å²) >= 11 is 1.64. The number of pyridine rings is 1. The fraction of sp³-hybridized carbons (Fsp3) is 0.118. The van der Waals surface area contributed by atoms with Crippen molar-refractivity contribution in [3.05, 3.63) is 47.7 Å². The van der Waals surface area contributed by atoms with Gasteiger partial charge in [0.1, 0.15) is 22.4 Å². The average Bonchev–Trinajstić information content (AvgIpc) is 2.95. The van der Waals surface area contributed by atoms with Crippen molar-refractivity contribution in [3.8, 4) is 17.0 Å². The van der Waals surface area contributed by atoms with Crippen molar-refractivity contribution in [2.24, 2.45) is 0 Å². The molecule has 0 aliphatic carbocycles.